The average molecular weight is 363 g/mol. The highest BCUT2D eigenvalue weighted by atomic mass is 16.5. The van der Waals surface area contributed by atoms with Crippen LogP contribution in [0.4, 0.5) is 0 Å². The van der Waals surface area contributed by atoms with Gasteiger partial charge in [0.1, 0.15) is 18.0 Å². The third-order valence-electron chi connectivity index (χ3n) is 3.87. The van der Waals surface area contributed by atoms with Crippen LogP contribution in [-0.2, 0) is 13.2 Å². The Hall–Kier alpha value is -3.68. The highest BCUT2D eigenvalue weighted by Crippen LogP contribution is 2.15. The molecule has 3 aromatic heterocycles. The second kappa shape index (κ2) is 7.28. The van der Waals surface area contributed by atoms with E-state index < -0.39 is 0 Å². The maximum atomic E-state index is 12.3. The summed E-state index contributed by atoms with van der Waals surface area (Å²) in [6.45, 7) is 2.21. The normalized spacial score (nSPS) is 10.9. The highest BCUT2D eigenvalue weighted by molar-refractivity contribution is 5.94. The summed E-state index contributed by atoms with van der Waals surface area (Å²) in [7, 11) is 0. The van der Waals surface area contributed by atoms with E-state index in [1.807, 2.05) is 35.0 Å². The van der Waals surface area contributed by atoms with Crippen LogP contribution in [0.1, 0.15) is 27.8 Å². The van der Waals surface area contributed by atoms with Gasteiger partial charge in [0.2, 0.25) is 5.89 Å². The minimum Gasteiger partial charge on any atom is -0.487 e. The monoisotopic (exact) mass is 363 g/mol. The molecule has 1 N–H and O–H groups in total. The van der Waals surface area contributed by atoms with Crippen LogP contribution in [0.3, 0.4) is 0 Å². The van der Waals surface area contributed by atoms with E-state index in [0.717, 1.165) is 11.3 Å². The zero-order chi connectivity index (χ0) is 18.6. The molecule has 0 saturated heterocycles. The Labute approximate surface area is 154 Å². The first-order chi connectivity index (χ1) is 13.2. The number of carbonyl (C=O) groups is 1. The van der Waals surface area contributed by atoms with Crippen molar-refractivity contribution in [3.8, 4) is 5.75 Å². The van der Waals surface area contributed by atoms with Gasteiger partial charge in [0.05, 0.1) is 12.2 Å². The lowest BCUT2D eigenvalue weighted by atomic mass is 10.2. The molecule has 1 aromatic carbocycles. The smallest absolute Gasteiger partial charge is 0.251 e. The highest BCUT2D eigenvalue weighted by Gasteiger charge is 2.10. The summed E-state index contributed by atoms with van der Waals surface area (Å²) in [6, 6.07) is 12.8. The zero-order valence-electron chi connectivity index (χ0n) is 14.6. The fourth-order valence-electron chi connectivity index (χ4n) is 2.61. The van der Waals surface area contributed by atoms with Gasteiger partial charge >= 0.3 is 0 Å². The van der Waals surface area contributed by atoms with E-state index in [0.29, 0.717) is 29.6 Å². The molecule has 1 amide bonds. The van der Waals surface area contributed by atoms with Crippen LogP contribution in [0.15, 0.2) is 59.4 Å². The van der Waals surface area contributed by atoms with Crippen molar-refractivity contribution in [2.75, 3.05) is 0 Å². The van der Waals surface area contributed by atoms with Crippen LogP contribution in [0.2, 0.25) is 0 Å². The van der Waals surface area contributed by atoms with Gasteiger partial charge in [-0.05, 0) is 37.3 Å². The summed E-state index contributed by atoms with van der Waals surface area (Å²) in [4.78, 5) is 20.8. The molecule has 0 spiro atoms. The van der Waals surface area contributed by atoms with Gasteiger partial charge in [-0.2, -0.15) is 4.98 Å². The van der Waals surface area contributed by atoms with E-state index in [1.165, 1.54) is 0 Å². The molecule has 8 heteroatoms. The molecule has 0 radical (unpaired) electrons. The summed E-state index contributed by atoms with van der Waals surface area (Å²) in [5.41, 5.74) is 2.15. The number of pyridine rings is 1. The van der Waals surface area contributed by atoms with E-state index >= 15 is 0 Å². The first-order valence-electron chi connectivity index (χ1n) is 8.40. The van der Waals surface area contributed by atoms with Crippen molar-refractivity contribution in [2.45, 2.75) is 20.1 Å². The summed E-state index contributed by atoms with van der Waals surface area (Å²) < 4.78 is 12.7. The topological polar surface area (TPSA) is 94.5 Å². The molecule has 0 fully saturated rings. The number of aromatic nitrogens is 4. The number of hydrogen-bond donors (Lipinski definition) is 1. The molecule has 0 aliphatic rings. The molecule has 136 valence electrons. The number of rotatable bonds is 6. The lowest BCUT2D eigenvalue weighted by Gasteiger charge is -2.07. The van der Waals surface area contributed by atoms with Crippen LogP contribution in [0.25, 0.3) is 5.65 Å². The van der Waals surface area contributed by atoms with Crippen LogP contribution >= 0.6 is 0 Å². The predicted octanol–water partition coefficient (Wildman–Crippen LogP) is 2.53. The first kappa shape index (κ1) is 16.8. The number of benzene rings is 1. The fraction of sp³-hybridized carbons (Fsp3) is 0.158. The maximum absolute atomic E-state index is 12.3. The number of nitrogens with one attached hydrogen (secondary N) is 1. The molecule has 0 unspecified atom stereocenters. The third kappa shape index (κ3) is 3.95. The molecule has 4 rings (SSSR count). The Kier molecular flexibility index (Phi) is 4.52. The van der Waals surface area contributed by atoms with Gasteiger partial charge in [0.25, 0.3) is 5.91 Å². The number of imidazole rings is 1. The lowest BCUT2D eigenvalue weighted by Crippen LogP contribution is -2.22. The molecular formula is C19H17N5O3. The van der Waals surface area contributed by atoms with Gasteiger partial charge in [-0.25, -0.2) is 4.98 Å². The second-order valence-electron chi connectivity index (χ2n) is 5.93. The van der Waals surface area contributed by atoms with Crippen LogP contribution in [0.5, 0.6) is 5.75 Å². The standard InChI is InChI=1S/C19H17N5O3/c1-13-21-18(27-23-13)10-20-19(25)14-5-4-6-16(9-14)26-12-15-11-24-8-3-2-7-17(24)22-15/h2-9,11H,10,12H2,1H3,(H,20,25). The molecule has 0 bridgehead atoms. The van der Waals surface area contributed by atoms with Gasteiger partial charge < -0.3 is 19.0 Å². The van der Waals surface area contributed by atoms with Gasteiger partial charge in [0.15, 0.2) is 5.82 Å². The minimum atomic E-state index is -0.246. The molecule has 3 heterocycles. The molecular weight excluding hydrogens is 346 g/mol. The molecule has 0 atom stereocenters. The maximum Gasteiger partial charge on any atom is 0.251 e. The van der Waals surface area contributed by atoms with E-state index in [1.54, 1.807) is 31.2 Å². The minimum absolute atomic E-state index is 0.173. The van der Waals surface area contributed by atoms with Gasteiger partial charge in [-0.1, -0.05) is 17.3 Å². The van der Waals surface area contributed by atoms with Gasteiger partial charge in [-0.3, -0.25) is 4.79 Å². The van der Waals surface area contributed by atoms with Crippen molar-refractivity contribution in [1.29, 1.82) is 0 Å². The number of hydrogen-bond acceptors (Lipinski definition) is 6. The van der Waals surface area contributed by atoms with E-state index in [-0.39, 0.29) is 12.5 Å². The van der Waals surface area contributed by atoms with Gasteiger partial charge in [-0.15, -0.1) is 0 Å². The van der Waals surface area contributed by atoms with Crippen LogP contribution in [0, 0.1) is 6.92 Å². The summed E-state index contributed by atoms with van der Waals surface area (Å²) in [5, 5.41) is 6.43. The number of amides is 1. The van der Waals surface area contributed by atoms with E-state index in [9.17, 15) is 4.79 Å². The van der Waals surface area contributed by atoms with Crippen molar-refractivity contribution in [3.63, 3.8) is 0 Å². The van der Waals surface area contributed by atoms with Crippen molar-refractivity contribution in [3.05, 3.63) is 77.8 Å². The third-order valence-corrected chi connectivity index (χ3v) is 3.87. The molecule has 27 heavy (non-hydrogen) atoms. The number of nitrogens with zero attached hydrogens (tertiary/aromatic N) is 4. The number of ether oxygens (including phenoxy) is 1. The Morgan fingerprint density at radius 1 is 1.22 bits per heavy atom. The Morgan fingerprint density at radius 3 is 2.96 bits per heavy atom. The predicted molar refractivity (Wildman–Crippen MR) is 96.2 cm³/mol. The Bertz CT molecular complexity index is 1050. The molecule has 0 aliphatic heterocycles. The molecule has 4 aromatic rings. The second-order valence-corrected chi connectivity index (χ2v) is 5.93. The molecule has 8 nitrogen and oxygen atoms in total. The van der Waals surface area contributed by atoms with Crippen molar-refractivity contribution in [2.24, 2.45) is 0 Å². The fourth-order valence-corrected chi connectivity index (χ4v) is 2.61. The quantitative estimate of drug-likeness (QED) is 0.566. The molecule has 0 saturated carbocycles. The average Bonchev–Trinajstić information content (AvgIpc) is 3.30. The van der Waals surface area contributed by atoms with Crippen molar-refractivity contribution in [1.82, 2.24) is 24.8 Å². The Morgan fingerprint density at radius 2 is 2.15 bits per heavy atom. The number of fused-ring (bicyclic) bond motifs is 1. The number of carbonyl (C=O) groups excluding carboxylic acids is 1. The SMILES string of the molecule is Cc1noc(CNC(=O)c2cccc(OCc3cn4ccccc4n3)c2)n1. The summed E-state index contributed by atoms with van der Waals surface area (Å²) in [5.74, 6) is 1.24. The zero-order valence-corrected chi connectivity index (χ0v) is 14.6. The largest absolute Gasteiger partial charge is 0.487 e. The lowest BCUT2D eigenvalue weighted by molar-refractivity contribution is 0.0945. The van der Waals surface area contributed by atoms with Crippen LogP contribution in [-0.4, -0.2) is 25.4 Å². The number of aryl methyl sites for hydroxylation is 1. The Balaban J connectivity index is 1.38. The summed E-state index contributed by atoms with van der Waals surface area (Å²) in [6.07, 6.45) is 3.85. The van der Waals surface area contributed by atoms with Gasteiger partial charge in [0, 0.05) is 18.0 Å². The first-order valence-corrected chi connectivity index (χ1v) is 8.40. The van der Waals surface area contributed by atoms with E-state index in [4.69, 9.17) is 9.26 Å². The van der Waals surface area contributed by atoms with Crippen molar-refractivity contribution < 1.29 is 14.1 Å². The van der Waals surface area contributed by atoms with E-state index in [2.05, 4.69) is 20.4 Å². The van der Waals surface area contributed by atoms with Crippen LogP contribution < -0.4 is 10.1 Å². The summed E-state index contributed by atoms with van der Waals surface area (Å²) >= 11 is 0. The molecule has 0 aliphatic carbocycles. The van der Waals surface area contributed by atoms with Crippen molar-refractivity contribution >= 4 is 11.6 Å².